The van der Waals surface area contributed by atoms with Gasteiger partial charge in [-0.1, -0.05) is 35.6 Å². The lowest BCUT2D eigenvalue weighted by atomic mass is 10.0. The van der Waals surface area contributed by atoms with Gasteiger partial charge in [-0.25, -0.2) is 13.8 Å². The minimum atomic E-state index is -0.712. The van der Waals surface area contributed by atoms with Gasteiger partial charge in [0.25, 0.3) is 0 Å². The third kappa shape index (κ3) is 4.88. The molecule has 2 N–H and O–H groups in total. The molecule has 0 saturated carbocycles. The summed E-state index contributed by atoms with van der Waals surface area (Å²) >= 11 is 7.73. The van der Waals surface area contributed by atoms with E-state index in [1.54, 1.807) is 11.0 Å². The van der Waals surface area contributed by atoms with Gasteiger partial charge >= 0.3 is 6.01 Å². The summed E-state index contributed by atoms with van der Waals surface area (Å²) in [6.45, 7) is 7.96. The van der Waals surface area contributed by atoms with E-state index in [0.29, 0.717) is 36.4 Å². The predicted octanol–water partition coefficient (Wildman–Crippen LogP) is 5.24. The van der Waals surface area contributed by atoms with Crippen LogP contribution in [-0.4, -0.2) is 76.5 Å². The first-order valence-corrected chi connectivity index (χ1v) is 14.6. The molecule has 6 rings (SSSR count). The van der Waals surface area contributed by atoms with Gasteiger partial charge in [0.2, 0.25) is 5.91 Å². The van der Waals surface area contributed by atoms with E-state index in [1.807, 2.05) is 18.9 Å². The molecule has 0 unspecified atom stereocenters. The topological polar surface area (TPSA) is 101 Å². The van der Waals surface area contributed by atoms with Gasteiger partial charge in [0, 0.05) is 61.5 Å². The van der Waals surface area contributed by atoms with Crippen molar-refractivity contribution in [1.82, 2.24) is 24.8 Å². The molecule has 4 aromatic rings. The van der Waals surface area contributed by atoms with Crippen molar-refractivity contribution >= 4 is 60.9 Å². The lowest BCUT2D eigenvalue weighted by Gasteiger charge is -2.40. The van der Waals surface area contributed by atoms with E-state index in [2.05, 4.69) is 27.5 Å². The highest BCUT2D eigenvalue weighted by molar-refractivity contribution is 7.22. The number of likely N-dealkylation sites (N-methyl/N-ethyl adjacent to an activating group) is 1. The Morgan fingerprint density at radius 2 is 2.05 bits per heavy atom. The Hall–Kier alpha value is -4.03. The quantitative estimate of drug-likeness (QED) is 0.296. The molecule has 1 amide bonds. The first-order valence-electron chi connectivity index (χ1n) is 13.4. The van der Waals surface area contributed by atoms with E-state index in [1.165, 1.54) is 18.2 Å². The van der Waals surface area contributed by atoms with Gasteiger partial charge < -0.3 is 25.2 Å². The summed E-state index contributed by atoms with van der Waals surface area (Å²) < 4.78 is 37.4. The number of benzene rings is 2. The highest BCUT2D eigenvalue weighted by Crippen LogP contribution is 2.43. The first-order chi connectivity index (χ1) is 20.2. The molecule has 2 aliphatic rings. The highest BCUT2D eigenvalue weighted by atomic mass is 35.5. The fraction of sp³-hybridized carbons (Fsp3) is 0.310. The van der Waals surface area contributed by atoms with Gasteiger partial charge in [-0.05, 0) is 37.6 Å². The Morgan fingerprint density at radius 3 is 2.76 bits per heavy atom. The van der Waals surface area contributed by atoms with Gasteiger partial charge in [0.05, 0.1) is 15.2 Å². The average molecular weight is 612 g/mol. The Labute approximate surface area is 249 Å². The number of piperazine rings is 1. The van der Waals surface area contributed by atoms with Crippen molar-refractivity contribution in [3.05, 3.63) is 59.3 Å². The number of nitrogens with two attached hydrogens (primary N) is 1. The molecular weight excluding hydrogens is 584 g/mol. The van der Waals surface area contributed by atoms with Crippen molar-refractivity contribution in [3.8, 4) is 17.1 Å². The van der Waals surface area contributed by atoms with Crippen molar-refractivity contribution in [2.75, 3.05) is 50.5 Å². The van der Waals surface area contributed by atoms with E-state index >= 15 is 4.39 Å². The van der Waals surface area contributed by atoms with Crippen LogP contribution >= 0.6 is 22.9 Å². The number of carbonyl (C=O) groups is 1. The molecule has 0 aliphatic carbocycles. The lowest BCUT2D eigenvalue weighted by molar-refractivity contribution is -0.126. The Morgan fingerprint density at radius 1 is 1.24 bits per heavy atom. The van der Waals surface area contributed by atoms with Crippen LogP contribution in [0.15, 0.2) is 42.6 Å². The lowest BCUT2D eigenvalue weighted by Crippen LogP contribution is -2.53. The number of fused-ring (bicyclic) bond motifs is 2. The zero-order chi connectivity index (χ0) is 29.7. The van der Waals surface area contributed by atoms with Gasteiger partial charge in [0.15, 0.2) is 10.9 Å². The molecule has 0 bridgehead atoms. The zero-order valence-electron chi connectivity index (χ0n) is 23.0. The van der Waals surface area contributed by atoms with Crippen LogP contribution < -0.4 is 15.4 Å². The second-order valence-electron chi connectivity index (χ2n) is 10.3. The van der Waals surface area contributed by atoms with E-state index in [9.17, 15) is 9.18 Å². The fourth-order valence-electron chi connectivity index (χ4n) is 5.52. The third-order valence-corrected chi connectivity index (χ3v) is 8.88. The van der Waals surface area contributed by atoms with Crippen LogP contribution in [0.4, 0.5) is 19.7 Å². The van der Waals surface area contributed by atoms with Crippen molar-refractivity contribution in [2.24, 2.45) is 0 Å². The standard InChI is InChI=1S/C29H28ClF2N7O2S/c1-4-21(40)38-10-11-39(15(2)13-38)27-18-12-19(30)22(17-7-8-20(31)26-25(17)34-28(33)42-26)23(32)24(18)35-29(36-27)41-14-16-6-5-9-37(16)3/h4,6-8,12,15H,1,5,9-11,13-14H2,2-3H3,(H2,33,34)/t15-/m0/s1. The molecule has 13 heteroatoms. The second-order valence-corrected chi connectivity index (χ2v) is 11.8. The van der Waals surface area contributed by atoms with Gasteiger partial charge in [-0.15, -0.1) is 0 Å². The number of aromatic nitrogens is 3. The monoisotopic (exact) mass is 611 g/mol. The largest absolute Gasteiger partial charge is 0.457 e. The smallest absolute Gasteiger partial charge is 0.319 e. The fourth-order valence-corrected chi connectivity index (χ4v) is 6.58. The summed E-state index contributed by atoms with van der Waals surface area (Å²) in [4.78, 5) is 31.5. The molecule has 42 heavy (non-hydrogen) atoms. The molecule has 0 spiro atoms. The number of thiazole rings is 1. The van der Waals surface area contributed by atoms with Gasteiger partial charge in [0.1, 0.15) is 23.8 Å². The SMILES string of the molecule is C=CC(=O)N1CCN(c2nc(OCC3=CCCN3C)nc3c(F)c(-c4ccc(F)c5sc(N)nc45)c(Cl)cc23)[C@@H](C)C1. The molecule has 218 valence electrons. The molecule has 2 aromatic heterocycles. The summed E-state index contributed by atoms with van der Waals surface area (Å²) in [5.41, 5.74) is 7.41. The normalized spacial score (nSPS) is 17.3. The van der Waals surface area contributed by atoms with E-state index in [4.69, 9.17) is 27.1 Å². The van der Waals surface area contributed by atoms with Crippen molar-refractivity contribution < 1.29 is 18.3 Å². The van der Waals surface area contributed by atoms with Crippen molar-refractivity contribution in [1.29, 1.82) is 0 Å². The van der Waals surface area contributed by atoms with Crippen LogP contribution in [0, 0.1) is 11.6 Å². The second kappa shape index (κ2) is 11.0. The highest BCUT2D eigenvalue weighted by Gasteiger charge is 2.30. The Balaban J connectivity index is 1.50. The van der Waals surface area contributed by atoms with Crippen LogP contribution in [0.1, 0.15) is 13.3 Å². The molecule has 0 radical (unpaired) electrons. The third-order valence-electron chi connectivity index (χ3n) is 7.69. The van der Waals surface area contributed by atoms with Crippen molar-refractivity contribution in [2.45, 2.75) is 19.4 Å². The predicted molar refractivity (Wildman–Crippen MR) is 162 cm³/mol. The van der Waals surface area contributed by atoms with Crippen LogP contribution in [0.2, 0.25) is 5.02 Å². The number of hydrogen-bond acceptors (Lipinski definition) is 9. The van der Waals surface area contributed by atoms with E-state index < -0.39 is 11.6 Å². The van der Waals surface area contributed by atoms with E-state index in [0.717, 1.165) is 30.0 Å². The maximum Gasteiger partial charge on any atom is 0.319 e. The minimum absolute atomic E-state index is 0.000583. The summed E-state index contributed by atoms with van der Waals surface area (Å²) in [6, 6.07) is 4.14. The zero-order valence-corrected chi connectivity index (χ0v) is 24.6. The van der Waals surface area contributed by atoms with Crippen LogP contribution in [-0.2, 0) is 4.79 Å². The average Bonchev–Trinajstić information content (AvgIpc) is 3.57. The molecular formula is C29H28ClF2N7O2S. The summed E-state index contributed by atoms with van der Waals surface area (Å²) in [6.07, 6.45) is 4.29. The maximum atomic E-state index is 16.6. The number of anilines is 2. The molecule has 1 fully saturated rings. The summed E-state index contributed by atoms with van der Waals surface area (Å²) in [5, 5.41) is 0.629. The molecule has 2 aromatic carbocycles. The number of hydrogen-bond donors (Lipinski definition) is 1. The van der Waals surface area contributed by atoms with Crippen LogP contribution in [0.25, 0.3) is 32.2 Å². The number of nitrogen functional groups attached to an aromatic ring is 1. The maximum absolute atomic E-state index is 16.6. The number of rotatable bonds is 6. The number of carbonyl (C=O) groups excluding carboxylic acids is 1. The summed E-state index contributed by atoms with van der Waals surface area (Å²) in [7, 11) is 1.98. The van der Waals surface area contributed by atoms with Crippen LogP contribution in [0.3, 0.4) is 0 Å². The van der Waals surface area contributed by atoms with Gasteiger partial charge in [-0.2, -0.15) is 9.97 Å². The number of ether oxygens (including phenoxy) is 1. The summed E-state index contributed by atoms with van der Waals surface area (Å²) in [5.74, 6) is -0.930. The molecule has 1 atom stereocenters. The Bertz CT molecular complexity index is 1780. The minimum Gasteiger partial charge on any atom is -0.457 e. The Kier molecular flexibility index (Phi) is 7.36. The molecule has 4 heterocycles. The molecule has 2 aliphatic heterocycles. The number of amides is 1. The van der Waals surface area contributed by atoms with Crippen LogP contribution in [0.5, 0.6) is 6.01 Å². The molecule has 1 saturated heterocycles. The number of halogens is 3. The van der Waals surface area contributed by atoms with Gasteiger partial charge in [-0.3, -0.25) is 4.79 Å². The van der Waals surface area contributed by atoms with E-state index in [-0.39, 0.29) is 56.0 Å². The first kappa shape index (κ1) is 28.1. The number of nitrogens with zero attached hydrogens (tertiary/aromatic N) is 6. The van der Waals surface area contributed by atoms with Crippen molar-refractivity contribution in [3.63, 3.8) is 0 Å². The molecule has 9 nitrogen and oxygen atoms in total.